The van der Waals surface area contributed by atoms with Crippen molar-refractivity contribution in [2.45, 2.75) is 25.7 Å². The van der Waals surface area contributed by atoms with E-state index in [1.807, 2.05) is 6.92 Å². The molecular weight excluding hydrogens is 276 g/mol. The summed E-state index contributed by atoms with van der Waals surface area (Å²) < 4.78 is 31.6. The van der Waals surface area contributed by atoms with Gasteiger partial charge in [-0.1, -0.05) is 0 Å². The van der Waals surface area contributed by atoms with E-state index in [4.69, 9.17) is 4.74 Å². The molecule has 1 aliphatic carbocycles. The molecule has 21 heavy (non-hydrogen) atoms. The number of ether oxygens (including phenoxy) is 1. The highest BCUT2D eigenvalue weighted by atomic mass is 19.2. The van der Waals surface area contributed by atoms with Gasteiger partial charge in [0.1, 0.15) is 17.4 Å². The lowest BCUT2D eigenvalue weighted by atomic mass is 10.3. The Hall–Kier alpha value is -2.24. The summed E-state index contributed by atoms with van der Waals surface area (Å²) in [5.41, 5.74) is 0. The van der Waals surface area contributed by atoms with Gasteiger partial charge in [0, 0.05) is 24.6 Å². The van der Waals surface area contributed by atoms with Crippen molar-refractivity contribution in [2.75, 3.05) is 11.9 Å². The highest BCUT2D eigenvalue weighted by molar-refractivity contribution is 5.41. The van der Waals surface area contributed by atoms with Crippen molar-refractivity contribution in [3.05, 3.63) is 41.7 Å². The van der Waals surface area contributed by atoms with Crippen LogP contribution in [0.15, 0.2) is 24.3 Å². The second-order valence-electron chi connectivity index (χ2n) is 4.93. The molecule has 1 heterocycles. The molecule has 3 rings (SSSR count). The number of benzene rings is 1. The van der Waals surface area contributed by atoms with Crippen LogP contribution in [-0.2, 0) is 0 Å². The van der Waals surface area contributed by atoms with E-state index in [-0.39, 0.29) is 5.75 Å². The Balaban J connectivity index is 1.87. The van der Waals surface area contributed by atoms with Crippen LogP contribution in [-0.4, -0.2) is 16.5 Å². The summed E-state index contributed by atoms with van der Waals surface area (Å²) in [6.07, 6.45) is 2.14. The predicted octanol–water partition coefficient (Wildman–Crippen LogP) is 3.86. The number of anilines is 1. The standard InChI is InChI=1S/C15H15F2N3O/c1-2-18-13-8-14(20-15(19-13)9-3-4-9)21-10-5-6-11(16)12(17)7-10/h5-9H,2-4H2,1H3,(H,18,19,20). The van der Waals surface area contributed by atoms with Gasteiger partial charge in [-0.2, -0.15) is 4.98 Å². The molecule has 1 aliphatic rings. The fourth-order valence-electron chi connectivity index (χ4n) is 1.95. The van der Waals surface area contributed by atoms with E-state index in [9.17, 15) is 8.78 Å². The zero-order valence-electron chi connectivity index (χ0n) is 11.6. The van der Waals surface area contributed by atoms with Gasteiger partial charge in [0.25, 0.3) is 0 Å². The van der Waals surface area contributed by atoms with Gasteiger partial charge in [0.15, 0.2) is 11.6 Å². The molecule has 1 aromatic heterocycles. The Morgan fingerprint density at radius 2 is 2.00 bits per heavy atom. The monoisotopic (exact) mass is 291 g/mol. The average molecular weight is 291 g/mol. The van der Waals surface area contributed by atoms with Crippen molar-refractivity contribution in [1.82, 2.24) is 9.97 Å². The fraction of sp³-hybridized carbons (Fsp3) is 0.333. The first kappa shape index (κ1) is 13.7. The van der Waals surface area contributed by atoms with Crippen LogP contribution < -0.4 is 10.1 Å². The lowest BCUT2D eigenvalue weighted by Gasteiger charge is -2.09. The normalized spacial score (nSPS) is 14.0. The predicted molar refractivity (Wildman–Crippen MR) is 74.6 cm³/mol. The second-order valence-corrected chi connectivity index (χ2v) is 4.93. The number of nitrogens with zero attached hydrogens (tertiary/aromatic N) is 2. The molecule has 1 fully saturated rings. The SMILES string of the molecule is CCNc1cc(Oc2ccc(F)c(F)c2)nc(C2CC2)n1. The van der Waals surface area contributed by atoms with Crippen molar-refractivity contribution >= 4 is 5.82 Å². The van der Waals surface area contributed by atoms with Gasteiger partial charge in [-0.25, -0.2) is 13.8 Å². The fourth-order valence-corrected chi connectivity index (χ4v) is 1.95. The summed E-state index contributed by atoms with van der Waals surface area (Å²) in [5.74, 6) is 0.451. The maximum Gasteiger partial charge on any atom is 0.224 e. The molecule has 0 radical (unpaired) electrons. The molecule has 0 spiro atoms. The van der Waals surface area contributed by atoms with Crippen LogP contribution in [0.5, 0.6) is 11.6 Å². The van der Waals surface area contributed by atoms with Gasteiger partial charge < -0.3 is 10.1 Å². The number of aromatic nitrogens is 2. The summed E-state index contributed by atoms with van der Waals surface area (Å²) in [6.45, 7) is 2.69. The highest BCUT2D eigenvalue weighted by Gasteiger charge is 2.27. The van der Waals surface area contributed by atoms with Crippen molar-refractivity contribution in [2.24, 2.45) is 0 Å². The van der Waals surface area contributed by atoms with Crippen LogP contribution in [0, 0.1) is 11.6 Å². The average Bonchev–Trinajstić information content (AvgIpc) is 3.28. The van der Waals surface area contributed by atoms with E-state index in [2.05, 4.69) is 15.3 Å². The lowest BCUT2D eigenvalue weighted by molar-refractivity contribution is 0.445. The minimum absolute atomic E-state index is 0.205. The van der Waals surface area contributed by atoms with Crippen LogP contribution in [0.2, 0.25) is 0 Å². The van der Waals surface area contributed by atoms with Gasteiger partial charge in [-0.3, -0.25) is 0 Å². The third-order valence-corrected chi connectivity index (χ3v) is 3.13. The molecule has 6 heteroatoms. The largest absolute Gasteiger partial charge is 0.439 e. The van der Waals surface area contributed by atoms with Gasteiger partial charge in [-0.15, -0.1) is 0 Å². The molecule has 1 aromatic carbocycles. The molecular formula is C15H15F2N3O. The van der Waals surface area contributed by atoms with Crippen molar-refractivity contribution in [3.63, 3.8) is 0 Å². The van der Waals surface area contributed by atoms with Crippen LogP contribution in [0.4, 0.5) is 14.6 Å². The second kappa shape index (κ2) is 5.63. The summed E-state index contributed by atoms with van der Waals surface area (Å²) >= 11 is 0. The van der Waals surface area contributed by atoms with Crippen LogP contribution in [0.1, 0.15) is 31.5 Å². The zero-order chi connectivity index (χ0) is 14.8. The Kier molecular flexibility index (Phi) is 3.68. The molecule has 0 amide bonds. The maximum absolute atomic E-state index is 13.2. The van der Waals surface area contributed by atoms with E-state index in [1.165, 1.54) is 6.07 Å². The molecule has 110 valence electrons. The summed E-state index contributed by atoms with van der Waals surface area (Å²) in [6, 6.07) is 5.04. The molecule has 4 nitrogen and oxygen atoms in total. The Labute approximate surface area is 121 Å². The molecule has 1 N–H and O–H groups in total. The van der Waals surface area contributed by atoms with Gasteiger partial charge in [-0.05, 0) is 31.9 Å². The quantitative estimate of drug-likeness (QED) is 0.908. The van der Waals surface area contributed by atoms with Crippen molar-refractivity contribution < 1.29 is 13.5 Å². The van der Waals surface area contributed by atoms with E-state index in [1.54, 1.807) is 6.07 Å². The lowest BCUT2D eigenvalue weighted by Crippen LogP contribution is -2.04. The summed E-state index contributed by atoms with van der Waals surface area (Å²) in [4.78, 5) is 8.76. The van der Waals surface area contributed by atoms with Gasteiger partial charge >= 0.3 is 0 Å². The number of nitrogens with one attached hydrogen (secondary N) is 1. The van der Waals surface area contributed by atoms with Crippen molar-refractivity contribution in [3.8, 4) is 11.6 Å². The third kappa shape index (κ3) is 3.26. The minimum Gasteiger partial charge on any atom is -0.439 e. The maximum atomic E-state index is 13.2. The Morgan fingerprint density at radius 1 is 1.19 bits per heavy atom. The molecule has 1 saturated carbocycles. The first-order valence-corrected chi connectivity index (χ1v) is 6.91. The number of hydrogen-bond donors (Lipinski definition) is 1. The Bertz CT molecular complexity index is 659. The highest BCUT2D eigenvalue weighted by Crippen LogP contribution is 2.39. The zero-order valence-corrected chi connectivity index (χ0v) is 11.6. The van der Waals surface area contributed by atoms with E-state index in [0.29, 0.717) is 17.6 Å². The molecule has 0 unspecified atom stereocenters. The summed E-state index contributed by atoms with van der Waals surface area (Å²) in [7, 11) is 0. The molecule has 0 saturated heterocycles. The third-order valence-electron chi connectivity index (χ3n) is 3.13. The first-order valence-electron chi connectivity index (χ1n) is 6.91. The van der Waals surface area contributed by atoms with E-state index < -0.39 is 11.6 Å². The number of rotatable bonds is 5. The Morgan fingerprint density at radius 3 is 2.67 bits per heavy atom. The number of halogens is 2. The van der Waals surface area contributed by atoms with Crippen LogP contribution in [0.25, 0.3) is 0 Å². The van der Waals surface area contributed by atoms with Crippen LogP contribution in [0.3, 0.4) is 0 Å². The van der Waals surface area contributed by atoms with Gasteiger partial charge in [0.2, 0.25) is 5.88 Å². The molecule has 2 aromatic rings. The first-order chi connectivity index (χ1) is 10.2. The molecule has 0 aliphatic heterocycles. The van der Waals surface area contributed by atoms with Crippen molar-refractivity contribution in [1.29, 1.82) is 0 Å². The van der Waals surface area contributed by atoms with Gasteiger partial charge in [0.05, 0.1) is 0 Å². The molecule has 0 bridgehead atoms. The molecule has 0 atom stereocenters. The minimum atomic E-state index is -0.948. The number of hydrogen-bond acceptors (Lipinski definition) is 4. The van der Waals surface area contributed by atoms with E-state index >= 15 is 0 Å². The topological polar surface area (TPSA) is 47.0 Å². The van der Waals surface area contributed by atoms with Crippen LogP contribution >= 0.6 is 0 Å². The smallest absolute Gasteiger partial charge is 0.224 e. The van der Waals surface area contributed by atoms with E-state index in [0.717, 1.165) is 37.3 Å². The summed E-state index contributed by atoms with van der Waals surface area (Å²) in [5, 5.41) is 3.11.